The van der Waals surface area contributed by atoms with Gasteiger partial charge in [-0.15, -0.1) is 0 Å². The summed E-state index contributed by atoms with van der Waals surface area (Å²) in [5.41, 5.74) is 0.314. The number of anilines is 1. The van der Waals surface area contributed by atoms with Crippen LogP contribution in [0.3, 0.4) is 0 Å². The molecule has 1 aromatic heterocycles. The van der Waals surface area contributed by atoms with Gasteiger partial charge in [0, 0.05) is 6.07 Å². The van der Waals surface area contributed by atoms with E-state index in [1.54, 1.807) is 37.3 Å². The van der Waals surface area contributed by atoms with Gasteiger partial charge in [0.1, 0.15) is 18.1 Å². The third-order valence-corrected chi connectivity index (χ3v) is 4.09. The van der Waals surface area contributed by atoms with E-state index < -0.39 is 23.9 Å². The van der Waals surface area contributed by atoms with Crippen molar-refractivity contribution < 1.29 is 28.4 Å². The van der Waals surface area contributed by atoms with Crippen LogP contribution in [0.25, 0.3) is 0 Å². The molecular weight excluding hydrogens is 390 g/mol. The lowest BCUT2D eigenvalue weighted by molar-refractivity contribution is -0.153. The lowest BCUT2D eigenvalue weighted by Crippen LogP contribution is -2.37. The molecule has 2 N–H and O–H groups in total. The molecule has 0 aliphatic heterocycles. The molecule has 1 aromatic carbocycles. The zero-order valence-electron chi connectivity index (χ0n) is 17.4. The number of hydrogen-bond donors (Lipinski definition) is 2. The number of carbonyl (C=O) groups is 3. The maximum Gasteiger partial charge on any atom is 0.326 e. The summed E-state index contributed by atoms with van der Waals surface area (Å²) in [7, 11) is 0. The maximum absolute atomic E-state index is 12.5. The Labute approximate surface area is 175 Å². The van der Waals surface area contributed by atoms with Crippen LogP contribution in [-0.4, -0.2) is 42.2 Å². The van der Waals surface area contributed by atoms with Crippen LogP contribution in [0.2, 0.25) is 0 Å². The number of benzene rings is 1. The zero-order chi connectivity index (χ0) is 21.9. The van der Waals surface area contributed by atoms with Crippen LogP contribution in [0.1, 0.15) is 49.2 Å². The lowest BCUT2D eigenvalue weighted by atomic mass is 10.1. The minimum atomic E-state index is -0.998. The molecule has 1 atom stereocenters. The van der Waals surface area contributed by atoms with Gasteiger partial charge in [0.05, 0.1) is 12.2 Å². The third-order valence-electron chi connectivity index (χ3n) is 4.09. The van der Waals surface area contributed by atoms with E-state index in [9.17, 15) is 14.4 Å². The molecule has 30 heavy (non-hydrogen) atoms. The fourth-order valence-corrected chi connectivity index (χ4v) is 2.65. The first-order valence-electron chi connectivity index (χ1n) is 9.88. The minimum Gasteiger partial charge on any atom is -0.493 e. The van der Waals surface area contributed by atoms with Crippen LogP contribution < -0.4 is 15.4 Å². The monoisotopic (exact) mass is 417 g/mol. The molecule has 2 rings (SSSR count). The van der Waals surface area contributed by atoms with Gasteiger partial charge in [-0.1, -0.05) is 30.6 Å². The number of aryl methyl sites for hydroxylation is 1. The highest BCUT2D eigenvalue weighted by atomic mass is 16.5. The third kappa shape index (κ3) is 6.91. The fraction of sp³-hybridized carbons (Fsp3) is 0.429. The number of aromatic nitrogens is 1. The molecule has 0 spiro atoms. The molecule has 0 aliphatic carbocycles. The number of esters is 1. The highest BCUT2D eigenvalue weighted by Gasteiger charge is 2.24. The molecule has 9 nitrogen and oxygen atoms in total. The molecule has 2 aromatic rings. The molecule has 0 saturated carbocycles. The highest BCUT2D eigenvalue weighted by Crippen LogP contribution is 2.17. The van der Waals surface area contributed by atoms with Crippen molar-refractivity contribution in [3.63, 3.8) is 0 Å². The maximum atomic E-state index is 12.5. The van der Waals surface area contributed by atoms with Crippen LogP contribution in [0.5, 0.6) is 5.75 Å². The predicted octanol–water partition coefficient (Wildman–Crippen LogP) is 2.85. The normalized spacial score (nSPS) is 11.4. The van der Waals surface area contributed by atoms with Gasteiger partial charge in [0.15, 0.2) is 11.9 Å². The van der Waals surface area contributed by atoms with E-state index in [0.717, 1.165) is 6.42 Å². The smallest absolute Gasteiger partial charge is 0.326 e. The average molecular weight is 417 g/mol. The Hall–Kier alpha value is -3.36. The van der Waals surface area contributed by atoms with Crippen LogP contribution >= 0.6 is 0 Å². The second-order valence-electron chi connectivity index (χ2n) is 6.54. The number of para-hydroxylation sites is 1. The second kappa shape index (κ2) is 11.6. The summed E-state index contributed by atoms with van der Waals surface area (Å²) in [4.78, 5) is 37.1. The first-order valence-corrected chi connectivity index (χ1v) is 9.88. The fourth-order valence-electron chi connectivity index (χ4n) is 2.65. The summed E-state index contributed by atoms with van der Waals surface area (Å²) in [6.45, 7) is 5.51. The van der Waals surface area contributed by atoms with Crippen molar-refractivity contribution in [2.24, 2.45) is 0 Å². The molecule has 0 radical (unpaired) electrons. The topological polar surface area (TPSA) is 120 Å². The summed E-state index contributed by atoms with van der Waals surface area (Å²) in [5, 5.41) is 8.76. The summed E-state index contributed by atoms with van der Waals surface area (Å²) >= 11 is 0. The molecule has 9 heteroatoms. The minimum absolute atomic E-state index is 0.246. The Bertz CT molecular complexity index is 864. The summed E-state index contributed by atoms with van der Waals surface area (Å²) in [6, 6.07) is 8.29. The van der Waals surface area contributed by atoms with Crippen molar-refractivity contribution in [3.05, 3.63) is 41.7 Å². The van der Waals surface area contributed by atoms with E-state index >= 15 is 0 Å². The van der Waals surface area contributed by atoms with Crippen LogP contribution in [-0.2, 0) is 14.3 Å². The van der Waals surface area contributed by atoms with Gasteiger partial charge in [-0.05, 0) is 38.8 Å². The van der Waals surface area contributed by atoms with E-state index in [4.69, 9.17) is 14.0 Å². The van der Waals surface area contributed by atoms with E-state index in [0.29, 0.717) is 36.5 Å². The predicted molar refractivity (Wildman–Crippen MR) is 109 cm³/mol. The van der Waals surface area contributed by atoms with E-state index in [-0.39, 0.29) is 12.4 Å². The molecular formula is C21H27N3O6. The first kappa shape index (κ1) is 22.9. The largest absolute Gasteiger partial charge is 0.493 e. The van der Waals surface area contributed by atoms with Gasteiger partial charge in [0.2, 0.25) is 0 Å². The highest BCUT2D eigenvalue weighted by molar-refractivity contribution is 5.99. The van der Waals surface area contributed by atoms with Crippen molar-refractivity contribution in [2.45, 2.75) is 46.1 Å². The van der Waals surface area contributed by atoms with Crippen molar-refractivity contribution >= 4 is 23.6 Å². The molecule has 0 bridgehead atoms. The number of hydrogen-bond acceptors (Lipinski definition) is 7. The van der Waals surface area contributed by atoms with Gasteiger partial charge in [-0.25, -0.2) is 0 Å². The van der Waals surface area contributed by atoms with Gasteiger partial charge in [-0.2, -0.15) is 0 Å². The molecule has 162 valence electrons. The molecule has 2 amide bonds. The van der Waals surface area contributed by atoms with Crippen molar-refractivity contribution in [1.82, 2.24) is 10.5 Å². The molecule has 1 heterocycles. The number of carbonyl (C=O) groups excluding carboxylic acids is 3. The number of nitrogens with zero attached hydrogens (tertiary/aromatic N) is 1. The lowest BCUT2D eigenvalue weighted by Gasteiger charge is -2.17. The second-order valence-corrected chi connectivity index (χ2v) is 6.54. The van der Waals surface area contributed by atoms with Crippen molar-refractivity contribution in [2.75, 3.05) is 18.5 Å². The number of unbranched alkanes of at least 4 members (excludes halogenated alkanes) is 1. The summed E-state index contributed by atoms with van der Waals surface area (Å²) < 4.78 is 15.6. The number of amides is 2. The van der Waals surface area contributed by atoms with Crippen molar-refractivity contribution in [1.29, 1.82) is 0 Å². The molecule has 1 unspecified atom stereocenters. The summed E-state index contributed by atoms with van der Waals surface area (Å²) in [6.07, 6.45) is 0.876. The van der Waals surface area contributed by atoms with Gasteiger partial charge in [-0.3, -0.25) is 14.4 Å². The van der Waals surface area contributed by atoms with E-state index in [1.807, 2.05) is 13.8 Å². The Kier molecular flexibility index (Phi) is 8.86. The Morgan fingerprint density at radius 2 is 1.97 bits per heavy atom. The standard InChI is InChI=1S/C21H27N3O6/c1-4-6-10-17(21(27)23-18-12-14(3)30-24-18)29-19(25)13-22-20(26)15-9-7-8-11-16(15)28-5-2/h7-9,11-12,17H,4-6,10,13H2,1-3H3,(H,22,26)(H,23,24,27). The van der Waals surface area contributed by atoms with Crippen LogP contribution in [0.4, 0.5) is 5.82 Å². The van der Waals surface area contributed by atoms with E-state index in [1.165, 1.54) is 0 Å². The summed E-state index contributed by atoms with van der Waals surface area (Å²) in [5.74, 6) is -0.473. The molecule has 0 aliphatic rings. The van der Waals surface area contributed by atoms with Gasteiger partial charge < -0.3 is 24.6 Å². The first-order chi connectivity index (χ1) is 14.4. The SMILES string of the molecule is CCCCC(OC(=O)CNC(=O)c1ccccc1OCC)C(=O)Nc1cc(C)on1. The number of ether oxygens (including phenoxy) is 2. The van der Waals surface area contributed by atoms with Crippen molar-refractivity contribution in [3.8, 4) is 5.75 Å². The Morgan fingerprint density at radius 1 is 1.20 bits per heavy atom. The van der Waals surface area contributed by atoms with Gasteiger partial charge in [0.25, 0.3) is 11.8 Å². The average Bonchev–Trinajstić information content (AvgIpc) is 3.14. The quantitative estimate of drug-likeness (QED) is 0.540. The number of nitrogens with one attached hydrogen (secondary N) is 2. The zero-order valence-corrected chi connectivity index (χ0v) is 17.4. The van der Waals surface area contributed by atoms with Crippen LogP contribution in [0, 0.1) is 6.92 Å². The molecule has 0 fully saturated rings. The molecule has 0 saturated heterocycles. The van der Waals surface area contributed by atoms with E-state index in [2.05, 4.69) is 15.8 Å². The van der Waals surface area contributed by atoms with Gasteiger partial charge >= 0.3 is 5.97 Å². The number of rotatable bonds is 11. The Morgan fingerprint density at radius 3 is 2.63 bits per heavy atom. The Balaban J connectivity index is 1.93. The van der Waals surface area contributed by atoms with Crippen LogP contribution in [0.15, 0.2) is 34.9 Å².